The molecule has 1 aliphatic rings. The van der Waals surface area contributed by atoms with Crippen molar-refractivity contribution in [2.75, 3.05) is 39.4 Å². The van der Waals surface area contributed by atoms with Crippen molar-refractivity contribution in [3.63, 3.8) is 0 Å². The van der Waals surface area contributed by atoms with Gasteiger partial charge in [0.25, 0.3) is 0 Å². The minimum Gasteiger partial charge on any atom is -0.379 e. The minimum absolute atomic E-state index is 0.0543. The second-order valence-corrected chi connectivity index (χ2v) is 6.29. The van der Waals surface area contributed by atoms with E-state index in [9.17, 15) is 4.79 Å². The van der Waals surface area contributed by atoms with Gasteiger partial charge in [0.1, 0.15) is 0 Å². The van der Waals surface area contributed by atoms with Crippen LogP contribution in [0.4, 0.5) is 0 Å². The lowest BCUT2D eigenvalue weighted by Crippen LogP contribution is -2.57. The van der Waals surface area contributed by atoms with E-state index >= 15 is 0 Å². The van der Waals surface area contributed by atoms with Gasteiger partial charge in [-0.2, -0.15) is 0 Å². The summed E-state index contributed by atoms with van der Waals surface area (Å²) in [6.45, 7) is 12.8. The number of hydrogen-bond donors (Lipinski definition) is 2. The van der Waals surface area contributed by atoms with E-state index in [1.165, 1.54) is 0 Å². The van der Waals surface area contributed by atoms with Gasteiger partial charge < -0.3 is 15.8 Å². The lowest BCUT2D eigenvalue weighted by atomic mass is 9.81. The van der Waals surface area contributed by atoms with E-state index in [0.29, 0.717) is 13.1 Å². The largest absolute Gasteiger partial charge is 0.379 e. The highest BCUT2D eigenvalue weighted by Crippen LogP contribution is 2.25. The molecule has 5 heteroatoms. The van der Waals surface area contributed by atoms with Crippen LogP contribution in [0.3, 0.4) is 0 Å². The number of nitrogens with two attached hydrogens (primary N) is 1. The lowest BCUT2D eigenvalue weighted by molar-refractivity contribution is -0.131. The van der Waals surface area contributed by atoms with Gasteiger partial charge in [-0.3, -0.25) is 9.69 Å². The maximum absolute atomic E-state index is 12.5. The summed E-state index contributed by atoms with van der Waals surface area (Å²) in [4.78, 5) is 14.8. The first kappa shape index (κ1) is 17.4. The van der Waals surface area contributed by atoms with Crippen LogP contribution in [0.2, 0.25) is 0 Å². The Balaban J connectivity index is 2.58. The maximum atomic E-state index is 12.5. The van der Waals surface area contributed by atoms with Crippen LogP contribution in [0, 0.1) is 5.41 Å². The molecule has 0 aromatic rings. The molecule has 0 aromatic heterocycles. The van der Waals surface area contributed by atoms with Gasteiger partial charge in [0, 0.05) is 31.7 Å². The highest BCUT2D eigenvalue weighted by atomic mass is 16.5. The zero-order valence-corrected chi connectivity index (χ0v) is 13.5. The molecule has 1 fully saturated rings. The van der Waals surface area contributed by atoms with Crippen molar-refractivity contribution in [3.05, 3.63) is 0 Å². The molecule has 0 unspecified atom stereocenters. The minimum atomic E-state index is -0.416. The van der Waals surface area contributed by atoms with Crippen LogP contribution in [0.5, 0.6) is 0 Å². The van der Waals surface area contributed by atoms with Crippen molar-refractivity contribution in [3.8, 4) is 0 Å². The number of carbonyl (C=O) groups excluding carboxylic acids is 1. The Bertz CT molecular complexity index is 300. The Morgan fingerprint density at radius 3 is 2.25 bits per heavy atom. The van der Waals surface area contributed by atoms with Crippen LogP contribution in [-0.2, 0) is 9.53 Å². The molecule has 118 valence electrons. The number of rotatable bonds is 7. The molecule has 0 radical (unpaired) electrons. The second kappa shape index (κ2) is 7.38. The lowest BCUT2D eigenvalue weighted by Gasteiger charge is -2.41. The van der Waals surface area contributed by atoms with Crippen molar-refractivity contribution in [2.24, 2.45) is 11.1 Å². The van der Waals surface area contributed by atoms with Gasteiger partial charge in [-0.25, -0.2) is 0 Å². The van der Waals surface area contributed by atoms with E-state index in [0.717, 1.165) is 39.1 Å². The summed E-state index contributed by atoms with van der Waals surface area (Å²) in [6.07, 6.45) is 1.56. The van der Waals surface area contributed by atoms with Gasteiger partial charge >= 0.3 is 0 Å². The third-order valence-corrected chi connectivity index (χ3v) is 4.77. The van der Waals surface area contributed by atoms with Crippen molar-refractivity contribution in [1.82, 2.24) is 10.2 Å². The van der Waals surface area contributed by atoms with Crippen LogP contribution < -0.4 is 11.1 Å². The van der Waals surface area contributed by atoms with Crippen molar-refractivity contribution < 1.29 is 9.53 Å². The molecule has 20 heavy (non-hydrogen) atoms. The molecule has 0 aromatic carbocycles. The molecule has 0 spiro atoms. The second-order valence-electron chi connectivity index (χ2n) is 6.29. The number of amides is 1. The molecule has 1 rings (SSSR count). The van der Waals surface area contributed by atoms with E-state index in [-0.39, 0.29) is 11.4 Å². The van der Waals surface area contributed by atoms with Crippen molar-refractivity contribution >= 4 is 5.91 Å². The zero-order valence-electron chi connectivity index (χ0n) is 13.5. The molecule has 1 amide bonds. The average Bonchev–Trinajstić information content (AvgIpc) is 2.48. The van der Waals surface area contributed by atoms with Crippen LogP contribution in [0.15, 0.2) is 0 Å². The topological polar surface area (TPSA) is 67.6 Å². The standard InChI is InChI=1S/C15H31N3O2/c1-5-15(6-2,11-16)13(19)17-12-14(3,4)18-7-9-20-10-8-18/h5-12,16H2,1-4H3,(H,17,19). The zero-order chi connectivity index (χ0) is 15.2. The fourth-order valence-electron chi connectivity index (χ4n) is 2.72. The molecule has 1 saturated heterocycles. The molecule has 3 N–H and O–H groups in total. The summed E-state index contributed by atoms with van der Waals surface area (Å²) >= 11 is 0. The normalized spacial score (nSPS) is 18.1. The van der Waals surface area contributed by atoms with Crippen molar-refractivity contribution in [1.29, 1.82) is 0 Å². The molecule has 0 saturated carbocycles. The predicted molar refractivity (Wildman–Crippen MR) is 81.6 cm³/mol. The summed E-state index contributed by atoms with van der Waals surface area (Å²) in [5.74, 6) is 0.0892. The Morgan fingerprint density at radius 1 is 1.25 bits per heavy atom. The Kier molecular flexibility index (Phi) is 6.43. The summed E-state index contributed by atoms with van der Waals surface area (Å²) in [5.41, 5.74) is 5.35. The highest BCUT2D eigenvalue weighted by Gasteiger charge is 2.35. The van der Waals surface area contributed by atoms with E-state index in [4.69, 9.17) is 10.5 Å². The first-order valence-corrected chi connectivity index (χ1v) is 7.73. The van der Waals surface area contributed by atoms with E-state index < -0.39 is 5.41 Å². The van der Waals surface area contributed by atoms with Crippen LogP contribution >= 0.6 is 0 Å². The summed E-state index contributed by atoms with van der Waals surface area (Å²) in [5, 5.41) is 3.11. The number of morpholine rings is 1. The summed E-state index contributed by atoms with van der Waals surface area (Å²) < 4.78 is 5.38. The molecule has 0 bridgehead atoms. The Morgan fingerprint density at radius 2 is 1.80 bits per heavy atom. The first-order valence-electron chi connectivity index (χ1n) is 7.73. The first-order chi connectivity index (χ1) is 9.41. The molecule has 1 aliphatic heterocycles. The van der Waals surface area contributed by atoms with Crippen LogP contribution in [0.1, 0.15) is 40.5 Å². The van der Waals surface area contributed by atoms with Crippen LogP contribution in [-0.4, -0.2) is 55.7 Å². The van der Waals surface area contributed by atoms with E-state index in [1.807, 2.05) is 13.8 Å². The molecular formula is C15H31N3O2. The number of ether oxygens (including phenoxy) is 1. The van der Waals surface area contributed by atoms with Gasteiger partial charge in [-0.05, 0) is 26.7 Å². The monoisotopic (exact) mass is 285 g/mol. The van der Waals surface area contributed by atoms with E-state index in [1.54, 1.807) is 0 Å². The number of hydrogen-bond acceptors (Lipinski definition) is 4. The van der Waals surface area contributed by atoms with Gasteiger partial charge in [0.2, 0.25) is 5.91 Å². The average molecular weight is 285 g/mol. The Hall–Kier alpha value is -0.650. The molecule has 0 atom stereocenters. The molecule has 1 heterocycles. The third kappa shape index (κ3) is 3.93. The predicted octanol–water partition coefficient (Wildman–Crippen LogP) is 0.979. The summed E-state index contributed by atoms with van der Waals surface area (Å²) in [6, 6.07) is 0. The maximum Gasteiger partial charge on any atom is 0.227 e. The van der Waals surface area contributed by atoms with Gasteiger partial charge in [0.15, 0.2) is 0 Å². The highest BCUT2D eigenvalue weighted by molar-refractivity contribution is 5.82. The van der Waals surface area contributed by atoms with Gasteiger partial charge in [-0.15, -0.1) is 0 Å². The molecular weight excluding hydrogens is 254 g/mol. The van der Waals surface area contributed by atoms with Crippen LogP contribution in [0.25, 0.3) is 0 Å². The fourth-order valence-corrected chi connectivity index (χ4v) is 2.72. The molecule has 5 nitrogen and oxygen atoms in total. The SMILES string of the molecule is CCC(CC)(CN)C(=O)NCC(C)(C)N1CCOCC1. The fraction of sp³-hybridized carbons (Fsp3) is 0.933. The quantitative estimate of drug-likeness (QED) is 0.732. The Labute approximate surface area is 123 Å². The van der Waals surface area contributed by atoms with Crippen molar-refractivity contribution in [2.45, 2.75) is 46.1 Å². The summed E-state index contributed by atoms with van der Waals surface area (Å²) in [7, 11) is 0. The van der Waals surface area contributed by atoms with E-state index in [2.05, 4.69) is 24.1 Å². The number of nitrogens with zero attached hydrogens (tertiary/aromatic N) is 1. The number of carbonyl (C=O) groups is 1. The smallest absolute Gasteiger partial charge is 0.227 e. The number of nitrogens with one attached hydrogen (secondary N) is 1. The van der Waals surface area contributed by atoms with Gasteiger partial charge in [-0.1, -0.05) is 13.8 Å². The third-order valence-electron chi connectivity index (χ3n) is 4.77. The molecule has 0 aliphatic carbocycles. The van der Waals surface area contributed by atoms with Gasteiger partial charge in [0.05, 0.1) is 18.6 Å².